The van der Waals surface area contributed by atoms with E-state index < -0.39 is 5.41 Å². The number of carbonyl (C=O) groups excluding carboxylic acids is 1. The Hall–Kier alpha value is -2.55. The average Bonchev–Trinajstić information content (AvgIpc) is 3.28. The first-order valence-electron chi connectivity index (χ1n) is 7.41. The number of para-hydroxylation sites is 1. The number of nitrogens with zero attached hydrogens (tertiary/aromatic N) is 1. The van der Waals surface area contributed by atoms with Gasteiger partial charge in [0.05, 0.1) is 12.5 Å². The highest BCUT2D eigenvalue weighted by molar-refractivity contribution is 6.10. The number of allylic oxidation sites excluding steroid dienone is 1. The third kappa shape index (κ3) is 1.59. The SMILES string of the molecule is C=C1C2CC2(c2cccc(OC)c2)C(=O)N1c1ccccc1. The van der Waals surface area contributed by atoms with Crippen LogP contribution in [0.1, 0.15) is 12.0 Å². The maximum absolute atomic E-state index is 13.1. The summed E-state index contributed by atoms with van der Waals surface area (Å²) in [7, 11) is 1.65. The number of anilines is 1. The first kappa shape index (κ1) is 13.1. The number of rotatable bonds is 3. The minimum absolute atomic E-state index is 0.127. The van der Waals surface area contributed by atoms with E-state index in [2.05, 4.69) is 6.58 Å². The Morgan fingerprint density at radius 2 is 1.95 bits per heavy atom. The molecular weight excluding hydrogens is 274 g/mol. The van der Waals surface area contributed by atoms with E-state index in [1.54, 1.807) is 12.0 Å². The Morgan fingerprint density at radius 3 is 2.68 bits per heavy atom. The third-order valence-electron chi connectivity index (χ3n) is 4.83. The molecule has 110 valence electrons. The largest absolute Gasteiger partial charge is 0.497 e. The van der Waals surface area contributed by atoms with Crippen LogP contribution in [-0.4, -0.2) is 13.0 Å². The Morgan fingerprint density at radius 1 is 1.18 bits per heavy atom. The average molecular weight is 291 g/mol. The molecule has 2 atom stereocenters. The number of amides is 1. The Bertz CT molecular complexity index is 768. The molecule has 0 aromatic heterocycles. The van der Waals surface area contributed by atoms with Crippen LogP contribution >= 0.6 is 0 Å². The van der Waals surface area contributed by atoms with Crippen LogP contribution in [0.3, 0.4) is 0 Å². The first-order chi connectivity index (χ1) is 10.7. The molecule has 2 aliphatic rings. The number of hydrogen-bond acceptors (Lipinski definition) is 2. The molecule has 2 fully saturated rings. The highest BCUT2D eigenvalue weighted by Crippen LogP contribution is 2.64. The van der Waals surface area contributed by atoms with Gasteiger partial charge in [0.25, 0.3) is 0 Å². The minimum Gasteiger partial charge on any atom is -0.497 e. The second kappa shape index (κ2) is 4.47. The van der Waals surface area contributed by atoms with Gasteiger partial charge >= 0.3 is 0 Å². The van der Waals surface area contributed by atoms with E-state index in [0.29, 0.717) is 0 Å². The number of hydrogen-bond donors (Lipinski definition) is 0. The molecular formula is C19H17NO2. The van der Waals surface area contributed by atoms with Gasteiger partial charge in [0.1, 0.15) is 5.75 Å². The van der Waals surface area contributed by atoms with Crippen molar-refractivity contribution in [3.63, 3.8) is 0 Å². The minimum atomic E-state index is -0.443. The Balaban J connectivity index is 1.76. The zero-order chi connectivity index (χ0) is 15.3. The monoisotopic (exact) mass is 291 g/mol. The molecule has 1 aliphatic carbocycles. The van der Waals surface area contributed by atoms with E-state index >= 15 is 0 Å². The van der Waals surface area contributed by atoms with Crippen LogP contribution in [0.15, 0.2) is 66.9 Å². The molecule has 3 heteroatoms. The van der Waals surface area contributed by atoms with Crippen molar-refractivity contribution in [1.29, 1.82) is 0 Å². The van der Waals surface area contributed by atoms with Gasteiger partial charge in [-0.25, -0.2) is 0 Å². The molecule has 1 amide bonds. The molecule has 0 bridgehead atoms. The lowest BCUT2D eigenvalue weighted by atomic mass is 9.94. The van der Waals surface area contributed by atoms with Crippen LogP contribution < -0.4 is 9.64 Å². The van der Waals surface area contributed by atoms with E-state index in [1.807, 2.05) is 54.6 Å². The molecule has 1 saturated heterocycles. The number of fused-ring (bicyclic) bond motifs is 1. The topological polar surface area (TPSA) is 29.5 Å². The quantitative estimate of drug-likeness (QED) is 0.866. The summed E-state index contributed by atoms with van der Waals surface area (Å²) in [5, 5.41) is 0. The summed E-state index contributed by atoms with van der Waals surface area (Å²) >= 11 is 0. The highest BCUT2D eigenvalue weighted by Gasteiger charge is 2.69. The molecule has 22 heavy (non-hydrogen) atoms. The highest BCUT2D eigenvalue weighted by atomic mass is 16.5. The summed E-state index contributed by atoms with van der Waals surface area (Å²) in [6.45, 7) is 4.17. The number of benzene rings is 2. The molecule has 3 nitrogen and oxygen atoms in total. The van der Waals surface area contributed by atoms with Crippen molar-refractivity contribution in [3.8, 4) is 5.75 Å². The maximum atomic E-state index is 13.1. The summed E-state index contributed by atoms with van der Waals surface area (Å²) in [5.41, 5.74) is 2.38. The molecule has 0 radical (unpaired) electrons. The Labute approximate surface area is 129 Å². The fourth-order valence-electron chi connectivity index (χ4n) is 3.59. The molecule has 0 spiro atoms. The van der Waals surface area contributed by atoms with Crippen molar-refractivity contribution in [2.75, 3.05) is 12.0 Å². The first-order valence-corrected chi connectivity index (χ1v) is 7.41. The van der Waals surface area contributed by atoms with Gasteiger partial charge in [-0.3, -0.25) is 9.69 Å². The summed E-state index contributed by atoms with van der Waals surface area (Å²) in [4.78, 5) is 14.9. The standard InChI is InChI=1S/C19H17NO2/c1-13-17-12-19(17,14-7-6-10-16(11-14)22-2)18(21)20(13)15-8-4-3-5-9-15/h3-11,17H,1,12H2,2H3. The van der Waals surface area contributed by atoms with Crippen LogP contribution in [0.5, 0.6) is 5.75 Å². The van der Waals surface area contributed by atoms with Crippen LogP contribution in [0.25, 0.3) is 0 Å². The molecule has 2 aromatic carbocycles. The predicted octanol–water partition coefficient (Wildman–Crippen LogP) is 3.51. The van der Waals surface area contributed by atoms with E-state index in [9.17, 15) is 4.79 Å². The van der Waals surface area contributed by atoms with Gasteiger partial charge in [-0.2, -0.15) is 0 Å². The van der Waals surface area contributed by atoms with Gasteiger partial charge in [0.15, 0.2) is 0 Å². The second-order valence-electron chi connectivity index (χ2n) is 5.93. The summed E-state index contributed by atoms with van der Waals surface area (Å²) in [5.74, 6) is 1.11. The lowest BCUT2D eigenvalue weighted by molar-refractivity contribution is -0.119. The smallest absolute Gasteiger partial charge is 0.242 e. The molecule has 1 saturated carbocycles. The van der Waals surface area contributed by atoms with Gasteiger partial charge in [-0.05, 0) is 36.2 Å². The van der Waals surface area contributed by atoms with E-state index in [-0.39, 0.29) is 11.8 Å². The molecule has 2 unspecified atom stereocenters. The molecule has 1 aliphatic heterocycles. The third-order valence-corrected chi connectivity index (χ3v) is 4.83. The van der Waals surface area contributed by atoms with Crippen LogP contribution in [0, 0.1) is 5.92 Å². The van der Waals surface area contributed by atoms with Crippen molar-refractivity contribution in [3.05, 3.63) is 72.4 Å². The lowest BCUT2D eigenvalue weighted by Gasteiger charge is -2.22. The summed E-state index contributed by atoms with van der Waals surface area (Å²) in [6, 6.07) is 17.6. The fraction of sp³-hybridized carbons (Fsp3) is 0.211. The van der Waals surface area contributed by atoms with E-state index in [4.69, 9.17) is 4.74 Å². The molecule has 2 aromatic rings. The van der Waals surface area contributed by atoms with Gasteiger partial charge in [0.2, 0.25) is 5.91 Å². The summed E-state index contributed by atoms with van der Waals surface area (Å²) in [6.07, 6.45) is 0.848. The molecule has 1 heterocycles. The second-order valence-corrected chi connectivity index (χ2v) is 5.93. The van der Waals surface area contributed by atoms with E-state index in [0.717, 1.165) is 29.1 Å². The van der Waals surface area contributed by atoms with Crippen LogP contribution in [0.4, 0.5) is 5.69 Å². The van der Waals surface area contributed by atoms with Crippen molar-refractivity contribution < 1.29 is 9.53 Å². The van der Waals surface area contributed by atoms with Gasteiger partial charge in [0, 0.05) is 17.3 Å². The number of methoxy groups -OCH3 is 1. The van der Waals surface area contributed by atoms with Crippen molar-refractivity contribution in [2.24, 2.45) is 5.92 Å². The summed E-state index contributed by atoms with van der Waals surface area (Å²) < 4.78 is 5.30. The van der Waals surface area contributed by atoms with Crippen molar-refractivity contribution in [1.82, 2.24) is 0 Å². The zero-order valence-corrected chi connectivity index (χ0v) is 12.5. The number of piperidine rings is 1. The van der Waals surface area contributed by atoms with E-state index in [1.165, 1.54) is 0 Å². The zero-order valence-electron chi connectivity index (χ0n) is 12.5. The Kier molecular flexibility index (Phi) is 2.67. The normalized spacial score (nSPS) is 26.0. The maximum Gasteiger partial charge on any atom is 0.242 e. The molecule has 0 N–H and O–H groups in total. The lowest BCUT2D eigenvalue weighted by Crippen LogP contribution is -2.32. The van der Waals surface area contributed by atoms with Crippen LogP contribution in [-0.2, 0) is 10.2 Å². The molecule has 4 rings (SSSR count). The van der Waals surface area contributed by atoms with Gasteiger partial charge in [-0.15, -0.1) is 0 Å². The van der Waals surface area contributed by atoms with Gasteiger partial charge in [-0.1, -0.05) is 36.9 Å². The van der Waals surface area contributed by atoms with Crippen molar-refractivity contribution >= 4 is 11.6 Å². The fourth-order valence-corrected chi connectivity index (χ4v) is 3.59. The number of ether oxygens (including phenoxy) is 1. The van der Waals surface area contributed by atoms with Gasteiger partial charge < -0.3 is 4.74 Å². The van der Waals surface area contributed by atoms with Crippen LogP contribution in [0.2, 0.25) is 0 Å². The number of carbonyl (C=O) groups is 1. The van der Waals surface area contributed by atoms with Crippen molar-refractivity contribution in [2.45, 2.75) is 11.8 Å². The predicted molar refractivity (Wildman–Crippen MR) is 85.8 cm³/mol.